The molecule has 0 radical (unpaired) electrons. The minimum absolute atomic E-state index is 0.153. The maximum atomic E-state index is 11.1. The van der Waals surface area contributed by atoms with E-state index in [2.05, 4.69) is 19.5 Å². The summed E-state index contributed by atoms with van der Waals surface area (Å²) >= 11 is 0. The highest BCUT2D eigenvalue weighted by Crippen LogP contribution is 2.15. The zero-order chi connectivity index (χ0) is 13.7. The van der Waals surface area contributed by atoms with Crippen LogP contribution in [-0.2, 0) is 9.53 Å². The monoisotopic (exact) mass is 264 g/mol. The molecule has 6 nitrogen and oxygen atoms in total. The van der Waals surface area contributed by atoms with Crippen LogP contribution in [0, 0.1) is 0 Å². The van der Waals surface area contributed by atoms with E-state index in [4.69, 9.17) is 5.73 Å². The highest BCUT2D eigenvalue weighted by molar-refractivity contribution is 5.69. The second kappa shape index (κ2) is 6.38. The number of anilines is 2. The van der Waals surface area contributed by atoms with Crippen molar-refractivity contribution in [2.75, 3.05) is 50.5 Å². The summed E-state index contributed by atoms with van der Waals surface area (Å²) in [5, 5.41) is 0. The van der Waals surface area contributed by atoms with Gasteiger partial charge in [-0.3, -0.25) is 9.69 Å². The van der Waals surface area contributed by atoms with E-state index < -0.39 is 0 Å². The fourth-order valence-corrected chi connectivity index (χ4v) is 2.17. The van der Waals surface area contributed by atoms with Crippen LogP contribution >= 0.6 is 0 Å². The molecule has 2 rings (SSSR count). The molecule has 0 spiro atoms. The lowest BCUT2D eigenvalue weighted by molar-refractivity contribution is -0.141. The number of nitrogen functional groups attached to an aromatic ring is 1. The number of carbonyl (C=O) groups excluding carboxylic acids is 1. The molecule has 2 N–H and O–H groups in total. The van der Waals surface area contributed by atoms with Gasteiger partial charge >= 0.3 is 5.97 Å². The predicted octanol–water partition coefficient (Wildman–Crippen LogP) is 0.349. The molecule has 2 heterocycles. The van der Waals surface area contributed by atoms with Gasteiger partial charge in [-0.2, -0.15) is 0 Å². The summed E-state index contributed by atoms with van der Waals surface area (Å²) in [7, 11) is 1.42. The molecule has 1 fully saturated rings. The van der Waals surface area contributed by atoms with Crippen LogP contribution in [0.4, 0.5) is 11.6 Å². The average Bonchev–Trinajstić information content (AvgIpc) is 2.45. The Bertz CT molecular complexity index is 430. The Morgan fingerprint density at radius 3 is 2.74 bits per heavy atom. The van der Waals surface area contributed by atoms with Crippen LogP contribution in [0.1, 0.15) is 6.42 Å². The van der Waals surface area contributed by atoms with Gasteiger partial charge in [0, 0.05) is 32.7 Å². The number of pyridine rings is 1. The number of ether oxygens (including phenoxy) is 1. The number of hydrogen-bond acceptors (Lipinski definition) is 6. The largest absolute Gasteiger partial charge is 0.469 e. The topological polar surface area (TPSA) is 71.7 Å². The molecule has 0 bridgehead atoms. The fourth-order valence-electron chi connectivity index (χ4n) is 2.17. The van der Waals surface area contributed by atoms with Gasteiger partial charge in [-0.1, -0.05) is 6.07 Å². The summed E-state index contributed by atoms with van der Waals surface area (Å²) in [6.07, 6.45) is 0.451. The van der Waals surface area contributed by atoms with Crippen molar-refractivity contribution in [1.82, 2.24) is 9.88 Å². The Balaban J connectivity index is 1.81. The molecule has 0 saturated carbocycles. The summed E-state index contributed by atoms with van der Waals surface area (Å²) < 4.78 is 4.64. The number of piperazine rings is 1. The third kappa shape index (κ3) is 3.82. The predicted molar refractivity (Wildman–Crippen MR) is 73.9 cm³/mol. The lowest BCUT2D eigenvalue weighted by Crippen LogP contribution is -2.47. The van der Waals surface area contributed by atoms with Gasteiger partial charge in [-0.05, 0) is 12.1 Å². The van der Waals surface area contributed by atoms with Crippen molar-refractivity contribution in [3.05, 3.63) is 18.2 Å². The van der Waals surface area contributed by atoms with Gasteiger partial charge < -0.3 is 15.4 Å². The summed E-state index contributed by atoms with van der Waals surface area (Å²) in [5.74, 6) is 1.32. The van der Waals surface area contributed by atoms with Gasteiger partial charge in [0.05, 0.1) is 13.5 Å². The first-order chi connectivity index (χ1) is 9.19. The van der Waals surface area contributed by atoms with E-state index in [1.165, 1.54) is 7.11 Å². The molecule has 1 aromatic heterocycles. The van der Waals surface area contributed by atoms with Crippen molar-refractivity contribution < 1.29 is 9.53 Å². The molecule has 1 saturated heterocycles. The number of hydrogen-bond donors (Lipinski definition) is 1. The number of nitrogens with two attached hydrogens (primary N) is 1. The molecule has 104 valence electrons. The van der Waals surface area contributed by atoms with Gasteiger partial charge in [0.25, 0.3) is 0 Å². The van der Waals surface area contributed by atoms with E-state index in [0.29, 0.717) is 12.2 Å². The van der Waals surface area contributed by atoms with Crippen LogP contribution in [-0.4, -0.2) is 55.7 Å². The third-order valence-electron chi connectivity index (χ3n) is 3.31. The van der Waals surface area contributed by atoms with Crippen molar-refractivity contribution in [2.24, 2.45) is 0 Å². The number of methoxy groups -OCH3 is 1. The van der Waals surface area contributed by atoms with E-state index in [1.807, 2.05) is 12.1 Å². The molecule has 1 aliphatic rings. The summed E-state index contributed by atoms with van der Waals surface area (Å²) in [6.45, 7) is 4.40. The molecular formula is C13H20N4O2. The quantitative estimate of drug-likeness (QED) is 0.791. The van der Waals surface area contributed by atoms with Crippen molar-refractivity contribution in [3.63, 3.8) is 0 Å². The minimum atomic E-state index is -0.153. The molecule has 1 aliphatic heterocycles. The molecular weight excluding hydrogens is 244 g/mol. The highest BCUT2D eigenvalue weighted by Gasteiger charge is 2.18. The van der Waals surface area contributed by atoms with Crippen molar-refractivity contribution in [3.8, 4) is 0 Å². The molecule has 0 aromatic carbocycles. The lowest BCUT2D eigenvalue weighted by Gasteiger charge is -2.35. The second-order valence-corrected chi connectivity index (χ2v) is 4.58. The minimum Gasteiger partial charge on any atom is -0.469 e. The summed E-state index contributed by atoms with van der Waals surface area (Å²) in [6, 6.07) is 5.68. The van der Waals surface area contributed by atoms with E-state index in [1.54, 1.807) is 6.07 Å². The first-order valence-electron chi connectivity index (χ1n) is 6.45. The summed E-state index contributed by atoms with van der Waals surface area (Å²) in [5.41, 5.74) is 5.69. The molecule has 6 heteroatoms. The van der Waals surface area contributed by atoms with Gasteiger partial charge in [-0.15, -0.1) is 0 Å². The lowest BCUT2D eigenvalue weighted by atomic mass is 10.3. The van der Waals surface area contributed by atoms with Crippen LogP contribution in [0.15, 0.2) is 18.2 Å². The molecule has 1 aromatic rings. The van der Waals surface area contributed by atoms with Crippen molar-refractivity contribution >= 4 is 17.6 Å². The number of esters is 1. The van der Waals surface area contributed by atoms with Gasteiger partial charge in [0.15, 0.2) is 0 Å². The SMILES string of the molecule is COC(=O)CCN1CCN(c2cccc(N)n2)CC1. The Morgan fingerprint density at radius 2 is 2.11 bits per heavy atom. The van der Waals surface area contributed by atoms with E-state index in [9.17, 15) is 4.79 Å². The summed E-state index contributed by atoms with van der Waals surface area (Å²) in [4.78, 5) is 19.9. The van der Waals surface area contributed by atoms with Crippen LogP contribution in [0.2, 0.25) is 0 Å². The molecule has 0 unspecified atom stereocenters. The maximum absolute atomic E-state index is 11.1. The van der Waals surface area contributed by atoms with Crippen LogP contribution in [0.5, 0.6) is 0 Å². The smallest absolute Gasteiger partial charge is 0.306 e. The maximum Gasteiger partial charge on any atom is 0.306 e. The Kier molecular flexibility index (Phi) is 4.57. The zero-order valence-electron chi connectivity index (χ0n) is 11.2. The van der Waals surface area contributed by atoms with Gasteiger partial charge in [0.2, 0.25) is 0 Å². The van der Waals surface area contributed by atoms with E-state index in [0.717, 1.165) is 38.5 Å². The van der Waals surface area contributed by atoms with E-state index >= 15 is 0 Å². The number of rotatable bonds is 4. The number of carbonyl (C=O) groups is 1. The molecule has 0 aliphatic carbocycles. The van der Waals surface area contributed by atoms with Crippen LogP contribution < -0.4 is 10.6 Å². The number of nitrogens with zero attached hydrogens (tertiary/aromatic N) is 3. The standard InChI is InChI=1S/C13H20N4O2/c1-19-13(18)5-6-16-7-9-17(10-8-16)12-4-2-3-11(14)15-12/h2-4H,5-10H2,1H3,(H2,14,15). The Morgan fingerprint density at radius 1 is 1.37 bits per heavy atom. The van der Waals surface area contributed by atoms with Crippen molar-refractivity contribution in [2.45, 2.75) is 6.42 Å². The van der Waals surface area contributed by atoms with Gasteiger partial charge in [-0.25, -0.2) is 4.98 Å². The highest BCUT2D eigenvalue weighted by atomic mass is 16.5. The zero-order valence-corrected chi connectivity index (χ0v) is 11.2. The van der Waals surface area contributed by atoms with Crippen molar-refractivity contribution in [1.29, 1.82) is 0 Å². The Labute approximate surface area is 113 Å². The Hall–Kier alpha value is -1.82. The molecule has 0 atom stereocenters. The molecule has 19 heavy (non-hydrogen) atoms. The van der Waals surface area contributed by atoms with Crippen LogP contribution in [0.3, 0.4) is 0 Å². The normalized spacial score (nSPS) is 16.4. The van der Waals surface area contributed by atoms with Crippen LogP contribution in [0.25, 0.3) is 0 Å². The third-order valence-corrected chi connectivity index (χ3v) is 3.31. The second-order valence-electron chi connectivity index (χ2n) is 4.58. The average molecular weight is 264 g/mol. The first kappa shape index (κ1) is 13.6. The molecule has 0 amide bonds. The fraction of sp³-hybridized carbons (Fsp3) is 0.538. The first-order valence-corrected chi connectivity index (χ1v) is 6.45. The number of aromatic nitrogens is 1. The van der Waals surface area contributed by atoms with Gasteiger partial charge in [0.1, 0.15) is 11.6 Å². The van der Waals surface area contributed by atoms with E-state index in [-0.39, 0.29) is 5.97 Å².